The summed E-state index contributed by atoms with van der Waals surface area (Å²) in [4.78, 5) is 2.55. The molecule has 0 amide bonds. The van der Waals surface area contributed by atoms with E-state index in [1.807, 2.05) is 11.8 Å². The first-order valence-electron chi connectivity index (χ1n) is 3.90. The van der Waals surface area contributed by atoms with E-state index in [0.717, 1.165) is 6.54 Å². The zero-order chi connectivity index (χ0) is 7.03. The van der Waals surface area contributed by atoms with Crippen molar-refractivity contribution in [3.63, 3.8) is 0 Å². The summed E-state index contributed by atoms with van der Waals surface area (Å²) in [7, 11) is 0. The Kier molecular flexibility index (Phi) is 1.66. The van der Waals surface area contributed by atoms with E-state index in [-0.39, 0.29) is 0 Å². The van der Waals surface area contributed by atoms with Crippen LogP contribution in [-0.4, -0.2) is 41.6 Å². The number of nitrogens with two attached hydrogens (primary N) is 1. The molecule has 0 aromatic heterocycles. The maximum atomic E-state index is 5.72. The van der Waals surface area contributed by atoms with Gasteiger partial charge in [-0.3, -0.25) is 4.90 Å². The summed E-state index contributed by atoms with van der Waals surface area (Å²) in [6.07, 6.45) is 1.38. The molecule has 2 aliphatic heterocycles. The fourth-order valence-electron chi connectivity index (χ4n) is 1.56. The van der Waals surface area contributed by atoms with Crippen molar-refractivity contribution < 1.29 is 0 Å². The third-order valence-electron chi connectivity index (χ3n) is 2.65. The van der Waals surface area contributed by atoms with Gasteiger partial charge in [0.15, 0.2) is 0 Å². The van der Waals surface area contributed by atoms with Crippen molar-refractivity contribution in [1.82, 2.24) is 4.90 Å². The van der Waals surface area contributed by atoms with E-state index in [2.05, 4.69) is 4.90 Å². The molecule has 0 unspecified atom stereocenters. The molecule has 0 aliphatic carbocycles. The highest BCUT2D eigenvalue weighted by Crippen LogP contribution is 2.36. The van der Waals surface area contributed by atoms with Crippen molar-refractivity contribution in [2.45, 2.75) is 12.0 Å². The summed E-state index contributed by atoms with van der Waals surface area (Å²) in [5.74, 6) is 2.53. The van der Waals surface area contributed by atoms with Crippen LogP contribution < -0.4 is 5.73 Å². The first-order chi connectivity index (χ1) is 4.87. The Hall–Kier alpha value is 0.270. The molecule has 2 aliphatic rings. The molecule has 58 valence electrons. The van der Waals surface area contributed by atoms with Gasteiger partial charge in [0.05, 0.1) is 5.54 Å². The minimum atomic E-state index is 0.433. The minimum absolute atomic E-state index is 0.433. The van der Waals surface area contributed by atoms with E-state index >= 15 is 0 Å². The van der Waals surface area contributed by atoms with Gasteiger partial charge in [0.2, 0.25) is 0 Å². The Morgan fingerprint density at radius 1 is 1.40 bits per heavy atom. The van der Waals surface area contributed by atoms with Crippen LogP contribution in [0.15, 0.2) is 0 Å². The Morgan fingerprint density at radius 2 is 2.10 bits per heavy atom. The van der Waals surface area contributed by atoms with E-state index in [0.29, 0.717) is 5.54 Å². The normalized spacial score (nSPS) is 30.9. The van der Waals surface area contributed by atoms with Gasteiger partial charge in [-0.1, -0.05) is 0 Å². The highest BCUT2D eigenvalue weighted by Gasteiger charge is 2.43. The number of likely N-dealkylation sites (tertiary alicyclic amines) is 1. The molecular weight excluding hydrogens is 144 g/mol. The van der Waals surface area contributed by atoms with Gasteiger partial charge in [0, 0.05) is 31.1 Å². The van der Waals surface area contributed by atoms with E-state index in [4.69, 9.17) is 5.73 Å². The maximum Gasteiger partial charge on any atom is 0.0512 e. The van der Waals surface area contributed by atoms with Gasteiger partial charge in [-0.2, -0.15) is 11.8 Å². The fraction of sp³-hybridized carbons (Fsp3) is 1.00. The molecule has 0 radical (unpaired) electrons. The van der Waals surface area contributed by atoms with Gasteiger partial charge in [-0.15, -0.1) is 0 Å². The highest BCUT2D eigenvalue weighted by atomic mass is 32.2. The topological polar surface area (TPSA) is 29.3 Å². The molecule has 0 saturated carbocycles. The molecule has 2 nitrogen and oxygen atoms in total. The van der Waals surface area contributed by atoms with Crippen molar-refractivity contribution in [3.8, 4) is 0 Å². The van der Waals surface area contributed by atoms with Gasteiger partial charge < -0.3 is 5.73 Å². The van der Waals surface area contributed by atoms with Crippen LogP contribution in [0.1, 0.15) is 6.42 Å². The summed E-state index contributed by atoms with van der Waals surface area (Å²) >= 11 is 2.02. The molecular formula is C7H14N2S. The zero-order valence-corrected chi connectivity index (χ0v) is 6.99. The molecule has 2 N–H and O–H groups in total. The van der Waals surface area contributed by atoms with Crippen LogP contribution >= 0.6 is 11.8 Å². The van der Waals surface area contributed by atoms with E-state index in [1.54, 1.807) is 0 Å². The summed E-state index contributed by atoms with van der Waals surface area (Å²) in [6.45, 7) is 3.44. The van der Waals surface area contributed by atoms with Gasteiger partial charge in [0.1, 0.15) is 0 Å². The highest BCUT2D eigenvalue weighted by molar-refractivity contribution is 8.00. The standard InChI is InChI=1S/C7H14N2S/c8-4-7(5-10-6-7)9-2-1-3-9/h1-6,8H2. The smallest absolute Gasteiger partial charge is 0.0512 e. The predicted molar refractivity (Wildman–Crippen MR) is 45.3 cm³/mol. The largest absolute Gasteiger partial charge is 0.329 e. The molecule has 10 heavy (non-hydrogen) atoms. The molecule has 0 aromatic carbocycles. The van der Waals surface area contributed by atoms with Gasteiger partial charge in [-0.25, -0.2) is 0 Å². The van der Waals surface area contributed by atoms with Gasteiger partial charge >= 0.3 is 0 Å². The third kappa shape index (κ3) is 0.807. The van der Waals surface area contributed by atoms with Crippen LogP contribution in [0.4, 0.5) is 0 Å². The predicted octanol–water partition coefficient (Wildman–Crippen LogP) is 0.136. The lowest BCUT2D eigenvalue weighted by Crippen LogP contribution is -2.66. The number of nitrogens with zero attached hydrogens (tertiary/aromatic N) is 1. The Balaban J connectivity index is 1.96. The van der Waals surface area contributed by atoms with Crippen molar-refractivity contribution in [1.29, 1.82) is 0 Å². The fourth-order valence-corrected chi connectivity index (χ4v) is 2.83. The Labute approximate surface area is 66.1 Å². The zero-order valence-electron chi connectivity index (χ0n) is 6.18. The van der Waals surface area contributed by atoms with E-state index in [9.17, 15) is 0 Å². The third-order valence-corrected chi connectivity index (χ3v) is 4.13. The van der Waals surface area contributed by atoms with Crippen molar-refractivity contribution in [2.75, 3.05) is 31.1 Å². The molecule has 2 fully saturated rings. The second-order valence-electron chi connectivity index (χ2n) is 3.26. The summed E-state index contributed by atoms with van der Waals surface area (Å²) in [6, 6.07) is 0. The maximum absolute atomic E-state index is 5.72. The van der Waals surface area contributed by atoms with Crippen LogP contribution in [0.3, 0.4) is 0 Å². The van der Waals surface area contributed by atoms with Gasteiger partial charge in [0.25, 0.3) is 0 Å². The van der Waals surface area contributed by atoms with Crippen molar-refractivity contribution >= 4 is 11.8 Å². The molecule has 0 aromatic rings. The Bertz CT molecular complexity index is 124. The molecule has 2 heterocycles. The first kappa shape index (κ1) is 6.95. The molecule has 0 atom stereocenters. The molecule has 2 rings (SSSR count). The number of hydrogen-bond acceptors (Lipinski definition) is 3. The quantitative estimate of drug-likeness (QED) is 0.619. The van der Waals surface area contributed by atoms with Crippen molar-refractivity contribution in [2.24, 2.45) is 5.73 Å². The summed E-state index contributed by atoms with van der Waals surface area (Å²) in [5.41, 5.74) is 6.16. The second-order valence-corrected chi connectivity index (χ2v) is 4.25. The van der Waals surface area contributed by atoms with Crippen LogP contribution in [0.25, 0.3) is 0 Å². The number of rotatable bonds is 2. The van der Waals surface area contributed by atoms with Gasteiger partial charge in [-0.05, 0) is 6.42 Å². The van der Waals surface area contributed by atoms with Crippen LogP contribution in [0.5, 0.6) is 0 Å². The molecule has 3 heteroatoms. The second kappa shape index (κ2) is 2.40. The average Bonchev–Trinajstić information content (AvgIpc) is 1.73. The summed E-state index contributed by atoms with van der Waals surface area (Å²) < 4.78 is 0. The lowest BCUT2D eigenvalue weighted by atomic mass is 9.97. The first-order valence-corrected chi connectivity index (χ1v) is 5.06. The lowest BCUT2D eigenvalue weighted by Gasteiger charge is -2.53. The van der Waals surface area contributed by atoms with Crippen LogP contribution in [0.2, 0.25) is 0 Å². The number of hydrogen-bond donors (Lipinski definition) is 1. The average molecular weight is 158 g/mol. The van der Waals surface area contributed by atoms with Crippen LogP contribution in [0, 0.1) is 0 Å². The van der Waals surface area contributed by atoms with Crippen molar-refractivity contribution in [3.05, 3.63) is 0 Å². The molecule has 2 saturated heterocycles. The molecule has 0 bridgehead atoms. The van der Waals surface area contributed by atoms with E-state index in [1.165, 1.54) is 31.0 Å². The monoisotopic (exact) mass is 158 g/mol. The Morgan fingerprint density at radius 3 is 2.20 bits per heavy atom. The lowest BCUT2D eigenvalue weighted by molar-refractivity contribution is 0.0605. The SMILES string of the molecule is NCC1(N2CCC2)CSC1. The molecule has 0 spiro atoms. The van der Waals surface area contributed by atoms with E-state index < -0.39 is 0 Å². The summed E-state index contributed by atoms with van der Waals surface area (Å²) in [5, 5.41) is 0. The minimum Gasteiger partial charge on any atom is -0.329 e. The number of thioether (sulfide) groups is 1. The van der Waals surface area contributed by atoms with Crippen LogP contribution in [-0.2, 0) is 0 Å².